The Labute approximate surface area is 282 Å². The number of aromatic hydroxyl groups is 2. The highest BCUT2D eigenvalue weighted by Gasteiger charge is 2.50. The van der Waals surface area contributed by atoms with E-state index in [1.807, 2.05) is 0 Å². The molecule has 2 aromatic rings. The topological polar surface area (TPSA) is 226 Å². The molecule has 0 spiro atoms. The Morgan fingerprint density at radius 3 is 2.35 bits per heavy atom. The first-order valence-corrected chi connectivity index (χ1v) is 16.0. The Kier molecular flexibility index (Phi) is 9.76. The number of benzene rings is 2. The minimum Gasteiger partial charge on any atom is -0.507 e. The molecular weight excluding hydrogens is 642 g/mol. The van der Waals surface area contributed by atoms with E-state index < -0.39 is 107 Å². The van der Waals surface area contributed by atoms with Crippen molar-refractivity contribution in [2.75, 3.05) is 13.7 Å². The minimum atomic E-state index is -2.33. The average molecular weight is 684 g/mol. The van der Waals surface area contributed by atoms with E-state index >= 15 is 0 Å². The van der Waals surface area contributed by atoms with Crippen molar-refractivity contribution in [2.45, 2.75) is 96.0 Å². The third-order valence-corrected chi connectivity index (χ3v) is 9.52. The predicted molar refractivity (Wildman–Crippen MR) is 169 cm³/mol. The van der Waals surface area contributed by atoms with Crippen LogP contribution < -0.4 is 10.1 Å². The number of aliphatic hydroxyl groups is 3. The van der Waals surface area contributed by atoms with Gasteiger partial charge in [-0.05, 0) is 13.0 Å². The van der Waals surface area contributed by atoms with E-state index in [2.05, 4.69) is 5.32 Å². The second kappa shape index (κ2) is 13.2. The van der Waals surface area contributed by atoms with Gasteiger partial charge in [0.1, 0.15) is 41.3 Å². The van der Waals surface area contributed by atoms with Gasteiger partial charge in [0, 0.05) is 54.2 Å². The van der Waals surface area contributed by atoms with Crippen LogP contribution in [0.3, 0.4) is 0 Å². The third-order valence-electron chi connectivity index (χ3n) is 9.52. The maximum absolute atomic E-state index is 13.9. The number of carbonyl (C=O) groups is 5. The molecule has 0 radical (unpaired) electrons. The van der Waals surface area contributed by atoms with Gasteiger partial charge in [-0.1, -0.05) is 32.9 Å². The molecule has 1 fully saturated rings. The van der Waals surface area contributed by atoms with Gasteiger partial charge < -0.3 is 45.1 Å². The Hall–Kier alpha value is -4.21. The molecule has 264 valence electrons. The largest absolute Gasteiger partial charge is 0.507 e. The van der Waals surface area contributed by atoms with Gasteiger partial charge in [0.05, 0.1) is 42.0 Å². The predicted octanol–water partition coefficient (Wildman–Crippen LogP) is 1.55. The van der Waals surface area contributed by atoms with E-state index in [1.165, 1.54) is 32.2 Å². The summed E-state index contributed by atoms with van der Waals surface area (Å²) in [6.45, 7) is 5.69. The van der Waals surface area contributed by atoms with Crippen LogP contribution in [-0.4, -0.2) is 98.4 Å². The molecule has 6 N–H and O–H groups in total. The summed E-state index contributed by atoms with van der Waals surface area (Å²) < 4.78 is 17.3. The van der Waals surface area contributed by atoms with Crippen LogP contribution in [0.5, 0.6) is 17.2 Å². The Morgan fingerprint density at radius 1 is 1.04 bits per heavy atom. The monoisotopic (exact) mass is 683 g/mol. The first-order chi connectivity index (χ1) is 22.9. The number of phenols is 2. The van der Waals surface area contributed by atoms with Crippen molar-refractivity contribution < 1.29 is 63.7 Å². The number of fused-ring (bicyclic) bond motifs is 3. The van der Waals surface area contributed by atoms with Gasteiger partial charge in [0.15, 0.2) is 17.9 Å². The molecule has 3 aliphatic rings. The number of aliphatic hydroxyl groups excluding tert-OH is 2. The van der Waals surface area contributed by atoms with E-state index in [9.17, 15) is 49.5 Å². The number of hydrogen-bond donors (Lipinski definition) is 6. The summed E-state index contributed by atoms with van der Waals surface area (Å²) >= 11 is 0. The van der Waals surface area contributed by atoms with E-state index in [1.54, 1.807) is 20.8 Å². The lowest BCUT2D eigenvalue weighted by molar-refractivity contribution is -0.249. The van der Waals surface area contributed by atoms with Gasteiger partial charge in [-0.15, -0.1) is 0 Å². The SMILES string of the molecule is COc1cccc2c1C(=O)c1c(O)c3c(c(O)c1C2=O)CC(O)(C(=O)CO)CC3OC1CC(NC(=O)CCC(=O)C(C)(C)C)C(O)C(C)O1. The van der Waals surface area contributed by atoms with Gasteiger partial charge in [0.25, 0.3) is 0 Å². The number of nitrogens with one attached hydrogen (secondary N) is 1. The molecule has 1 saturated heterocycles. The van der Waals surface area contributed by atoms with Crippen molar-refractivity contribution in [2.24, 2.45) is 5.41 Å². The molecule has 1 amide bonds. The smallest absolute Gasteiger partial charge is 0.220 e. The minimum absolute atomic E-state index is 0.00881. The summed E-state index contributed by atoms with van der Waals surface area (Å²) in [5, 5.41) is 57.9. The number of ketones is 4. The highest BCUT2D eigenvalue weighted by Crippen LogP contribution is 2.52. The molecule has 1 aliphatic heterocycles. The zero-order chi connectivity index (χ0) is 36.2. The average Bonchev–Trinajstić information content (AvgIpc) is 3.04. The molecule has 0 saturated carbocycles. The number of carbonyl (C=O) groups excluding carboxylic acids is 5. The summed E-state index contributed by atoms with van der Waals surface area (Å²) in [4.78, 5) is 65.5. The standard InChI is InChI=1S/C35H41NO13/c1-15-29(41)18(36-23(40)10-9-21(38)34(2,3)4)11-24(48-15)49-20-13-35(46,22(39)14-37)12-17-26(20)33(45)28-27(31(17)43)30(42)16-7-6-8-19(47-5)25(16)32(28)44/h6-8,15,18,20,24,29,37,41,43,45-46H,9-14H2,1-5H3,(H,36,40). The van der Waals surface area contributed by atoms with Crippen molar-refractivity contribution in [1.82, 2.24) is 5.32 Å². The fourth-order valence-corrected chi connectivity index (χ4v) is 6.74. The van der Waals surface area contributed by atoms with Gasteiger partial charge >= 0.3 is 0 Å². The van der Waals surface area contributed by atoms with Crippen molar-refractivity contribution in [3.63, 3.8) is 0 Å². The highest BCUT2D eigenvalue weighted by atomic mass is 16.7. The van der Waals surface area contributed by atoms with Gasteiger partial charge in [0.2, 0.25) is 11.7 Å². The lowest BCUT2D eigenvalue weighted by atomic mass is 9.72. The third kappa shape index (κ3) is 6.46. The number of amides is 1. The van der Waals surface area contributed by atoms with Crippen LogP contribution in [0.15, 0.2) is 18.2 Å². The molecule has 5 rings (SSSR count). The molecular formula is C35H41NO13. The quantitative estimate of drug-likeness (QED) is 0.176. The number of rotatable bonds is 9. The molecule has 0 aromatic heterocycles. The van der Waals surface area contributed by atoms with Crippen LogP contribution in [0.25, 0.3) is 0 Å². The normalized spacial score (nSPS) is 26.3. The van der Waals surface area contributed by atoms with Crippen molar-refractivity contribution in [3.8, 4) is 17.2 Å². The second-order valence-electron chi connectivity index (χ2n) is 13.8. The number of Topliss-reactive ketones (excluding diaryl/α,β-unsaturated/α-hetero) is 2. The van der Waals surface area contributed by atoms with E-state index in [4.69, 9.17) is 14.2 Å². The zero-order valence-corrected chi connectivity index (χ0v) is 27.9. The Bertz CT molecular complexity index is 1730. The van der Waals surface area contributed by atoms with Crippen molar-refractivity contribution >= 4 is 29.0 Å². The number of ether oxygens (including phenoxy) is 3. The first kappa shape index (κ1) is 36.1. The van der Waals surface area contributed by atoms with Crippen LogP contribution in [0.2, 0.25) is 0 Å². The Balaban J connectivity index is 1.51. The molecule has 2 aliphatic carbocycles. The second-order valence-corrected chi connectivity index (χ2v) is 13.8. The molecule has 1 heterocycles. The van der Waals surface area contributed by atoms with Gasteiger partial charge in [-0.3, -0.25) is 24.0 Å². The molecule has 14 heteroatoms. The Morgan fingerprint density at radius 2 is 1.71 bits per heavy atom. The zero-order valence-electron chi connectivity index (χ0n) is 27.9. The van der Waals surface area contributed by atoms with E-state index in [0.29, 0.717) is 0 Å². The summed E-state index contributed by atoms with van der Waals surface area (Å²) in [6.07, 6.45) is -6.26. The van der Waals surface area contributed by atoms with Crippen molar-refractivity contribution in [3.05, 3.63) is 51.6 Å². The maximum atomic E-state index is 13.9. The molecule has 2 aromatic carbocycles. The van der Waals surface area contributed by atoms with Crippen LogP contribution in [0.1, 0.15) is 102 Å². The summed E-state index contributed by atoms with van der Waals surface area (Å²) in [6, 6.07) is 3.39. The van der Waals surface area contributed by atoms with Crippen molar-refractivity contribution in [1.29, 1.82) is 0 Å². The van der Waals surface area contributed by atoms with Crippen LogP contribution in [0.4, 0.5) is 0 Å². The molecule has 49 heavy (non-hydrogen) atoms. The van der Waals surface area contributed by atoms with Crippen LogP contribution >= 0.6 is 0 Å². The lowest BCUT2D eigenvalue weighted by Crippen LogP contribution is -2.56. The molecule has 0 bridgehead atoms. The molecule has 6 atom stereocenters. The summed E-state index contributed by atoms with van der Waals surface area (Å²) in [5.74, 6) is -4.67. The number of methoxy groups -OCH3 is 1. The summed E-state index contributed by atoms with van der Waals surface area (Å²) in [7, 11) is 1.30. The van der Waals surface area contributed by atoms with Gasteiger partial charge in [-0.25, -0.2) is 0 Å². The highest BCUT2D eigenvalue weighted by molar-refractivity contribution is 6.31. The fourth-order valence-electron chi connectivity index (χ4n) is 6.74. The lowest BCUT2D eigenvalue weighted by Gasteiger charge is -2.43. The maximum Gasteiger partial charge on any atom is 0.220 e. The van der Waals surface area contributed by atoms with E-state index in [-0.39, 0.29) is 53.0 Å². The fraction of sp³-hybridized carbons (Fsp3) is 0.514. The number of phenolic OH excluding ortho intramolecular Hbond substituents is 2. The molecule has 6 unspecified atom stereocenters. The first-order valence-electron chi connectivity index (χ1n) is 16.0. The van der Waals surface area contributed by atoms with E-state index in [0.717, 1.165) is 0 Å². The van der Waals surface area contributed by atoms with Crippen LogP contribution in [-0.2, 0) is 30.3 Å². The van der Waals surface area contributed by atoms with Gasteiger partial charge in [-0.2, -0.15) is 0 Å². The summed E-state index contributed by atoms with van der Waals surface area (Å²) in [5.41, 5.74) is -4.66. The number of hydrogen-bond acceptors (Lipinski definition) is 13. The molecule has 14 nitrogen and oxygen atoms in total. The van der Waals surface area contributed by atoms with Crippen LogP contribution in [0, 0.1) is 5.41 Å².